The number of hydrogen-bond donors (Lipinski definition) is 0. The van der Waals surface area contributed by atoms with E-state index in [9.17, 15) is 0 Å². The van der Waals surface area contributed by atoms with E-state index in [0.29, 0.717) is 0 Å². The van der Waals surface area contributed by atoms with Crippen LogP contribution < -0.4 is 0 Å². The summed E-state index contributed by atoms with van der Waals surface area (Å²) >= 11 is 0. The lowest BCUT2D eigenvalue weighted by molar-refractivity contribution is 1.20. The van der Waals surface area contributed by atoms with Crippen molar-refractivity contribution < 1.29 is 0 Å². The summed E-state index contributed by atoms with van der Waals surface area (Å²) < 4.78 is 2.54. The van der Waals surface area contributed by atoms with Crippen molar-refractivity contribution in [2.45, 2.75) is 0 Å². The summed E-state index contributed by atoms with van der Waals surface area (Å²) in [7, 11) is 0. The minimum Gasteiger partial charge on any atom is -0.309 e. The molecular formula is C62H39N3. The summed E-state index contributed by atoms with van der Waals surface area (Å²) in [5, 5.41) is 9.78. The van der Waals surface area contributed by atoms with Crippen molar-refractivity contribution in [3.63, 3.8) is 0 Å². The third-order valence-electron chi connectivity index (χ3n) is 13.2. The lowest BCUT2D eigenvalue weighted by atomic mass is 9.92. The maximum atomic E-state index is 5.53. The Labute approximate surface area is 376 Å². The number of rotatable bonds is 6. The molecule has 3 nitrogen and oxygen atoms in total. The third-order valence-corrected chi connectivity index (χ3v) is 13.2. The van der Waals surface area contributed by atoms with Crippen LogP contribution in [0.2, 0.25) is 0 Å². The van der Waals surface area contributed by atoms with Crippen molar-refractivity contribution in [1.82, 2.24) is 14.5 Å². The van der Waals surface area contributed by atoms with Gasteiger partial charge in [0, 0.05) is 32.8 Å². The molecule has 0 aliphatic rings. The second-order valence-electron chi connectivity index (χ2n) is 16.8. The van der Waals surface area contributed by atoms with Crippen LogP contribution in [-0.4, -0.2) is 14.5 Å². The Hall–Kier alpha value is -8.66. The van der Waals surface area contributed by atoms with E-state index in [1.807, 2.05) is 12.1 Å². The van der Waals surface area contributed by atoms with Crippen molar-refractivity contribution in [3.05, 3.63) is 237 Å². The van der Waals surface area contributed by atoms with E-state index in [0.717, 1.165) is 61.1 Å². The van der Waals surface area contributed by atoms with Crippen LogP contribution in [0.1, 0.15) is 0 Å². The molecule has 0 radical (unpaired) electrons. The first kappa shape index (κ1) is 36.9. The highest BCUT2D eigenvalue weighted by Gasteiger charge is 2.24. The molecule has 13 rings (SSSR count). The summed E-state index contributed by atoms with van der Waals surface area (Å²) in [5.41, 5.74) is 16.0. The normalized spacial score (nSPS) is 11.7. The second kappa shape index (κ2) is 15.0. The summed E-state index contributed by atoms with van der Waals surface area (Å²) in [5.74, 6) is 0. The summed E-state index contributed by atoms with van der Waals surface area (Å²) in [4.78, 5) is 10.9. The van der Waals surface area contributed by atoms with Crippen LogP contribution in [0.5, 0.6) is 0 Å². The SMILES string of the molecule is c1ccc(-c2nc3cccc(-c4ccc(-n5c6cc(-c7ccccc7)c7ccccc7c6c6c7ccccc7c(-c7ccccc7)cc65)c5ccccc45)c3nc2-c2ccccc2)cc1. The quantitative estimate of drug-likeness (QED) is 0.167. The lowest BCUT2D eigenvalue weighted by Gasteiger charge is -2.17. The number of hydrogen-bond acceptors (Lipinski definition) is 2. The highest BCUT2D eigenvalue weighted by Crippen LogP contribution is 2.48. The van der Waals surface area contributed by atoms with E-state index in [2.05, 4.69) is 229 Å². The average Bonchev–Trinajstić information content (AvgIpc) is 3.72. The van der Waals surface area contributed by atoms with Gasteiger partial charge in [0.1, 0.15) is 0 Å². The van der Waals surface area contributed by atoms with E-state index in [1.54, 1.807) is 0 Å². The summed E-state index contributed by atoms with van der Waals surface area (Å²) in [6.07, 6.45) is 0. The molecule has 2 aromatic heterocycles. The predicted octanol–water partition coefficient (Wildman–Crippen LogP) is 16.5. The van der Waals surface area contributed by atoms with Crippen LogP contribution in [-0.2, 0) is 0 Å². The van der Waals surface area contributed by atoms with Crippen molar-refractivity contribution >= 4 is 65.2 Å². The van der Waals surface area contributed by atoms with Crippen LogP contribution in [0.15, 0.2) is 237 Å². The van der Waals surface area contributed by atoms with Gasteiger partial charge in [-0.1, -0.05) is 212 Å². The van der Waals surface area contributed by atoms with Gasteiger partial charge in [0.2, 0.25) is 0 Å². The standard InChI is InChI=1S/C62H39N3/c1-5-20-40(21-6-1)52-38-56-58(49-32-17-14-29-45(49)52)59-50-33-18-15-30-46(50)53(41-22-7-2-8-23-41)39-57(59)65(56)55-37-36-47(44-28-13-16-31-48(44)55)51-34-19-35-54-62(51)64-61(43-26-11-4-12-27-43)60(63-54)42-24-9-3-10-25-42/h1-39H. The fraction of sp³-hybridized carbons (Fsp3) is 0. The first-order chi connectivity index (χ1) is 32.3. The maximum Gasteiger partial charge on any atom is 0.0973 e. The van der Waals surface area contributed by atoms with Gasteiger partial charge in [-0.3, -0.25) is 0 Å². The number of aromatic nitrogens is 3. The largest absolute Gasteiger partial charge is 0.309 e. The van der Waals surface area contributed by atoms with Gasteiger partial charge in [-0.15, -0.1) is 0 Å². The first-order valence-electron chi connectivity index (χ1n) is 22.2. The number of benzene rings is 11. The van der Waals surface area contributed by atoms with E-state index in [-0.39, 0.29) is 0 Å². The molecule has 0 aliphatic heterocycles. The Morgan fingerprint density at radius 2 is 0.692 bits per heavy atom. The van der Waals surface area contributed by atoms with Crippen molar-refractivity contribution in [2.24, 2.45) is 0 Å². The minimum absolute atomic E-state index is 0.859. The Morgan fingerprint density at radius 1 is 0.277 bits per heavy atom. The molecule has 11 aromatic carbocycles. The molecule has 0 fully saturated rings. The Bertz CT molecular complexity index is 3830. The van der Waals surface area contributed by atoms with E-state index in [1.165, 1.54) is 65.6 Å². The summed E-state index contributed by atoms with van der Waals surface area (Å²) in [6.45, 7) is 0. The predicted molar refractivity (Wildman–Crippen MR) is 274 cm³/mol. The van der Waals surface area contributed by atoms with Crippen LogP contribution in [0, 0.1) is 0 Å². The topological polar surface area (TPSA) is 30.7 Å². The van der Waals surface area contributed by atoms with Gasteiger partial charge in [-0.05, 0) is 79.0 Å². The van der Waals surface area contributed by atoms with Gasteiger partial charge in [0.25, 0.3) is 0 Å². The first-order valence-corrected chi connectivity index (χ1v) is 22.2. The van der Waals surface area contributed by atoms with E-state index < -0.39 is 0 Å². The molecule has 0 unspecified atom stereocenters. The molecule has 0 spiro atoms. The van der Waals surface area contributed by atoms with Crippen LogP contribution in [0.25, 0.3) is 127 Å². The molecule has 0 saturated carbocycles. The van der Waals surface area contributed by atoms with Gasteiger partial charge < -0.3 is 4.57 Å². The molecule has 65 heavy (non-hydrogen) atoms. The van der Waals surface area contributed by atoms with Crippen LogP contribution >= 0.6 is 0 Å². The molecule has 0 bridgehead atoms. The van der Waals surface area contributed by atoms with Gasteiger partial charge in [0.15, 0.2) is 0 Å². The zero-order valence-corrected chi connectivity index (χ0v) is 35.4. The van der Waals surface area contributed by atoms with Gasteiger partial charge in [-0.2, -0.15) is 0 Å². The molecule has 0 atom stereocenters. The van der Waals surface area contributed by atoms with Gasteiger partial charge >= 0.3 is 0 Å². The fourth-order valence-corrected chi connectivity index (χ4v) is 10.3. The summed E-state index contributed by atoms with van der Waals surface area (Å²) in [6, 6.07) is 85.1. The average molecular weight is 826 g/mol. The number of nitrogens with zero attached hydrogens (tertiary/aromatic N) is 3. The van der Waals surface area contributed by atoms with Crippen LogP contribution in [0.4, 0.5) is 0 Å². The molecular weight excluding hydrogens is 787 g/mol. The van der Waals surface area contributed by atoms with E-state index in [4.69, 9.17) is 9.97 Å². The Kier molecular flexibility index (Phi) is 8.53. The smallest absolute Gasteiger partial charge is 0.0973 e. The number of fused-ring (bicyclic) bond motifs is 9. The molecule has 13 aromatic rings. The van der Waals surface area contributed by atoms with Gasteiger partial charge in [-0.25, -0.2) is 9.97 Å². The zero-order chi connectivity index (χ0) is 42.8. The highest BCUT2D eigenvalue weighted by molar-refractivity contribution is 6.32. The second-order valence-corrected chi connectivity index (χ2v) is 16.8. The Balaban J connectivity index is 1.14. The van der Waals surface area contributed by atoms with Crippen molar-refractivity contribution in [1.29, 1.82) is 0 Å². The molecule has 0 aliphatic carbocycles. The number of para-hydroxylation sites is 1. The molecule has 302 valence electrons. The Morgan fingerprint density at radius 3 is 1.20 bits per heavy atom. The highest BCUT2D eigenvalue weighted by atomic mass is 15.0. The molecule has 3 heteroatoms. The molecule has 0 saturated heterocycles. The van der Waals surface area contributed by atoms with Crippen LogP contribution in [0.3, 0.4) is 0 Å². The maximum absolute atomic E-state index is 5.53. The third kappa shape index (κ3) is 5.90. The van der Waals surface area contributed by atoms with Gasteiger partial charge in [0.05, 0.1) is 39.1 Å². The zero-order valence-electron chi connectivity index (χ0n) is 35.4. The molecule has 0 N–H and O–H groups in total. The van der Waals surface area contributed by atoms with E-state index >= 15 is 0 Å². The molecule has 2 heterocycles. The lowest BCUT2D eigenvalue weighted by Crippen LogP contribution is -1.99. The van der Waals surface area contributed by atoms with Crippen molar-refractivity contribution in [3.8, 4) is 61.6 Å². The minimum atomic E-state index is 0.859. The van der Waals surface area contributed by atoms with Crippen molar-refractivity contribution in [2.75, 3.05) is 0 Å². The fourth-order valence-electron chi connectivity index (χ4n) is 10.3. The monoisotopic (exact) mass is 825 g/mol. The molecule has 0 amide bonds.